The summed E-state index contributed by atoms with van der Waals surface area (Å²) in [5, 5.41) is 0. The first kappa shape index (κ1) is 12.2. The van der Waals surface area contributed by atoms with E-state index < -0.39 is 12.2 Å². The number of alkyl halides is 2. The van der Waals surface area contributed by atoms with Gasteiger partial charge < -0.3 is 0 Å². The predicted molar refractivity (Wildman–Crippen MR) is 59.5 cm³/mol. The van der Waals surface area contributed by atoms with Crippen LogP contribution in [0.2, 0.25) is 0 Å². The van der Waals surface area contributed by atoms with E-state index in [9.17, 15) is 18.4 Å². The van der Waals surface area contributed by atoms with Crippen LogP contribution in [-0.2, 0) is 0 Å². The highest BCUT2D eigenvalue weighted by Gasteiger charge is 2.20. The van der Waals surface area contributed by atoms with Gasteiger partial charge in [-0.05, 0) is 41.6 Å². The summed E-state index contributed by atoms with van der Waals surface area (Å²) < 4.78 is 25.5. The zero-order chi connectivity index (χ0) is 11.6. The molecule has 1 aromatic rings. The lowest BCUT2D eigenvalue weighted by Crippen LogP contribution is -2.04. The molecule has 2 nitrogen and oxygen atoms in total. The molecule has 0 saturated heterocycles. The minimum absolute atomic E-state index is 0.0843. The molecule has 0 radical (unpaired) electrons. The van der Waals surface area contributed by atoms with E-state index in [1.807, 2.05) is 0 Å². The Morgan fingerprint density at radius 3 is 2.47 bits per heavy atom. The summed E-state index contributed by atoms with van der Waals surface area (Å²) in [6.07, 6.45) is -2.18. The van der Waals surface area contributed by atoms with Crippen LogP contribution >= 0.6 is 22.6 Å². The van der Waals surface area contributed by atoms with Gasteiger partial charge >= 0.3 is 0 Å². The highest BCUT2D eigenvalue weighted by Crippen LogP contribution is 2.29. The van der Waals surface area contributed by atoms with Gasteiger partial charge in [0.2, 0.25) is 0 Å². The van der Waals surface area contributed by atoms with Crippen LogP contribution in [0.15, 0.2) is 12.1 Å². The maximum absolute atomic E-state index is 12.6. The zero-order valence-corrected chi connectivity index (χ0v) is 9.92. The van der Waals surface area contributed by atoms with E-state index in [0.717, 1.165) is 0 Å². The highest BCUT2D eigenvalue weighted by molar-refractivity contribution is 14.1. The number of carbonyl (C=O) groups excluding carboxylic acids is 2. The van der Waals surface area contributed by atoms with Gasteiger partial charge in [-0.1, -0.05) is 0 Å². The second-order valence-corrected chi connectivity index (χ2v) is 4.10. The Labute approximate surface area is 98.8 Å². The minimum Gasteiger partial charge on any atom is -0.298 e. The Morgan fingerprint density at radius 2 is 2.07 bits per heavy atom. The molecular weight excluding hydrogens is 317 g/mol. The highest BCUT2D eigenvalue weighted by atomic mass is 127. The first-order valence-electron chi connectivity index (χ1n) is 4.05. The molecule has 1 aromatic carbocycles. The molecule has 0 aromatic heterocycles. The third kappa shape index (κ3) is 2.58. The molecule has 1 rings (SSSR count). The maximum Gasteiger partial charge on any atom is 0.265 e. The van der Waals surface area contributed by atoms with Crippen molar-refractivity contribution in [3.05, 3.63) is 32.4 Å². The van der Waals surface area contributed by atoms with Crippen LogP contribution in [0.3, 0.4) is 0 Å². The standard InChI is InChI=1S/C10H7F2IO2/c1-5(15)7-2-6(4-14)3-8(13)9(7)10(11)12/h2-4,10H,1H3. The van der Waals surface area contributed by atoms with Gasteiger partial charge in [-0.25, -0.2) is 8.78 Å². The number of ketones is 1. The largest absolute Gasteiger partial charge is 0.298 e. The lowest BCUT2D eigenvalue weighted by molar-refractivity contribution is 0.0998. The van der Waals surface area contributed by atoms with Gasteiger partial charge in [-0.3, -0.25) is 9.59 Å². The van der Waals surface area contributed by atoms with Crippen molar-refractivity contribution in [3.63, 3.8) is 0 Å². The second-order valence-electron chi connectivity index (χ2n) is 2.94. The van der Waals surface area contributed by atoms with E-state index in [-0.39, 0.29) is 20.3 Å². The van der Waals surface area contributed by atoms with E-state index in [4.69, 9.17) is 0 Å². The van der Waals surface area contributed by atoms with Crippen molar-refractivity contribution < 1.29 is 18.4 Å². The van der Waals surface area contributed by atoms with Crippen molar-refractivity contribution in [2.45, 2.75) is 13.3 Å². The fourth-order valence-electron chi connectivity index (χ4n) is 1.22. The topological polar surface area (TPSA) is 34.1 Å². The number of halogens is 3. The SMILES string of the molecule is CC(=O)c1cc(C=O)cc(I)c1C(F)F. The Kier molecular flexibility index (Phi) is 3.90. The predicted octanol–water partition coefficient (Wildman–Crippen LogP) is 3.24. The first-order valence-corrected chi connectivity index (χ1v) is 5.13. The van der Waals surface area contributed by atoms with Crippen LogP contribution in [0.1, 0.15) is 39.6 Å². The number of Topliss-reactive ketones (excluding diaryl/α,β-unsaturated/α-hetero) is 1. The Morgan fingerprint density at radius 1 is 1.47 bits per heavy atom. The van der Waals surface area contributed by atoms with Crippen LogP contribution in [0.5, 0.6) is 0 Å². The fourth-order valence-corrected chi connectivity index (χ4v) is 2.11. The normalized spacial score (nSPS) is 10.5. The number of benzene rings is 1. The second kappa shape index (κ2) is 4.78. The van der Waals surface area contributed by atoms with Crippen LogP contribution in [0, 0.1) is 3.57 Å². The van der Waals surface area contributed by atoms with E-state index in [1.54, 1.807) is 22.6 Å². The van der Waals surface area contributed by atoms with Gasteiger partial charge in [-0.15, -0.1) is 0 Å². The van der Waals surface area contributed by atoms with E-state index in [2.05, 4.69) is 0 Å². The zero-order valence-electron chi connectivity index (χ0n) is 7.76. The average Bonchev–Trinajstić information content (AvgIpc) is 2.15. The molecule has 0 aliphatic rings. The molecule has 5 heteroatoms. The Hall–Kier alpha value is -0.850. The van der Waals surface area contributed by atoms with Gasteiger partial charge in [0.15, 0.2) is 5.78 Å². The van der Waals surface area contributed by atoms with E-state index in [0.29, 0.717) is 6.29 Å². The monoisotopic (exact) mass is 324 g/mol. The smallest absolute Gasteiger partial charge is 0.265 e. The summed E-state index contributed by atoms with van der Waals surface area (Å²) in [5.41, 5.74) is -0.151. The summed E-state index contributed by atoms with van der Waals surface area (Å²) in [4.78, 5) is 21.7. The summed E-state index contributed by atoms with van der Waals surface area (Å²) in [6, 6.07) is 2.53. The molecule has 0 aliphatic carbocycles. The van der Waals surface area contributed by atoms with Gasteiger partial charge in [0.05, 0.1) is 0 Å². The molecular formula is C10H7F2IO2. The van der Waals surface area contributed by atoms with Crippen molar-refractivity contribution in [2.75, 3.05) is 0 Å². The number of carbonyl (C=O) groups is 2. The lowest BCUT2D eigenvalue weighted by atomic mass is 10.0. The summed E-state index contributed by atoms with van der Waals surface area (Å²) in [7, 11) is 0. The molecule has 0 heterocycles. The van der Waals surface area contributed by atoms with E-state index in [1.165, 1.54) is 19.1 Å². The van der Waals surface area contributed by atoms with Crippen molar-refractivity contribution in [1.82, 2.24) is 0 Å². The quantitative estimate of drug-likeness (QED) is 0.486. The Bertz CT molecular complexity index is 416. The fraction of sp³-hybridized carbons (Fsp3) is 0.200. The molecule has 0 atom stereocenters. The number of aldehydes is 1. The maximum atomic E-state index is 12.6. The third-order valence-electron chi connectivity index (χ3n) is 1.89. The van der Waals surface area contributed by atoms with Crippen molar-refractivity contribution >= 4 is 34.7 Å². The molecule has 15 heavy (non-hydrogen) atoms. The molecule has 0 fully saturated rings. The molecule has 80 valence electrons. The van der Waals surface area contributed by atoms with Crippen molar-refractivity contribution in [2.24, 2.45) is 0 Å². The number of hydrogen-bond donors (Lipinski definition) is 0. The van der Waals surface area contributed by atoms with Crippen LogP contribution in [-0.4, -0.2) is 12.1 Å². The van der Waals surface area contributed by atoms with Crippen LogP contribution in [0.4, 0.5) is 8.78 Å². The first-order chi connectivity index (χ1) is 6.97. The van der Waals surface area contributed by atoms with Gasteiger partial charge in [0.25, 0.3) is 6.43 Å². The van der Waals surface area contributed by atoms with Gasteiger partial charge in [-0.2, -0.15) is 0 Å². The third-order valence-corrected chi connectivity index (χ3v) is 2.78. The number of hydrogen-bond acceptors (Lipinski definition) is 2. The van der Waals surface area contributed by atoms with Gasteiger partial charge in [0, 0.05) is 20.3 Å². The van der Waals surface area contributed by atoms with Crippen molar-refractivity contribution in [1.29, 1.82) is 0 Å². The minimum atomic E-state index is -2.71. The molecule has 0 amide bonds. The summed E-state index contributed by atoms with van der Waals surface area (Å²) in [6.45, 7) is 1.20. The molecule has 0 unspecified atom stereocenters. The Balaban J connectivity index is 3.49. The van der Waals surface area contributed by atoms with Crippen molar-refractivity contribution in [3.8, 4) is 0 Å². The van der Waals surface area contributed by atoms with E-state index >= 15 is 0 Å². The summed E-state index contributed by atoms with van der Waals surface area (Å²) >= 11 is 1.69. The van der Waals surface area contributed by atoms with Crippen LogP contribution < -0.4 is 0 Å². The molecule has 0 aliphatic heterocycles. The molecule has 0 spiro atoms. The van der Waals surface area contributed by atoms with Crippen LogP contribution in [0.25, 0.3) is 0 Å². The average molecular weight is 324 g/mol. The number of rotatable bonds is 3. The summed E-state index contributed by atoms with van der Waals surface area (Å²) in [5.74, 6) is -0.466. The van der Waals surface area contributed by atoms with Gasteiger partial charge in [0.1, 0.15) is 6.29 Å². The molecule has 0 N–H and O–H groups in total. The molecule has 0 saturated carbocycles. The lowest BCUT2D eigenvalue weighted by Gasteiger charge is -2.09. The molecule has 0 bridgehead atoms.